The van der Waals surface area contributed by atoms with Crippen LogP contribution in [-0.2, 0) is 0 Å². The monoisotopic (exact) mass is 299 g/mol. The summed E-state index contributed by atoms with van der Waals surface area (Å²) in [5.74, 6) is 0.138. The normalized spacial score (nSPS) is 27.6. The summed E-state index contributed by atoms with van der Waals surface area (Å²) in [4.78, 5) is 2.24. The van der Waals surface area contributed by atoms with Crippen molar-refractivity contribution < 1.29 is 14.2 Å². The first-order chi connectivity index (χ1) is 9.66. The molecule has 1 N–H and O–H groups in total. The second-order valence-electron chi connectivity index (χ2n) is 5.58. The van der Waals surface area contributed by atoms with E-state index in [0.29, 0.717) is 11.3 Å². The number of halogens is 2. The zero-order chi connectivity index (χ0) is 14.1. The number of benzene rings is 1. The molecule has 110 valence electrons. The number of aliphatic hydroxyl groups excluding tert-OH is 1. The van der Waals surface area contributed by atoms with Crippen molar-refractivity contribution in [1.82, 2.24) is 4.90 Å². The molecular weight excluding hydrogens is 281 g/mol. The van der Waals surface area contributed by atoms with Gasteiger partial charge in [-0.3, -0.25) is 4.90 Å². The second kappa shape index (κ2) is 5.88. The third-order valence-corrected chi connectivity index (χ3v) is 4.43. The van der Waals surface area contributed by atoms with Crippen LogP contribution < -0.4 is 4.74 Å². The van der Waals surface area contributed by atoms with E-state index < -0.39 is 6.10 Å². The van der Waals surface area contributed by atoms with E-state index in [0.717, 1.165) is 25.9 Å². The quantitative estimate of drug-likeness (QED) is 0.865. The third kappa shape index (κ3) is 2.65. The molecule has 1 aromatic carbocycles. The highest BCUT2D eigenvalue weighted by atomic mass is 35.5. The van der Waals surface area contributed by atoms with Crippen LogP contribution in [0.1, 0.15) is 37.3 Å². The second-order valence-corrected chi connectivity index (χ2v) is 5.99. The molecule has 1 fully saturated rings. The summed E-state index contributed by atoms with van der Waals surface area (Å²) in [7, 11) is 0. The zero-order valence-corrected chi connectivity index (χ0v) is 12.1. The van der Waals surface area contributed by atoms with Gasteiger partial charge in [0, 0.05) is 5.56 Å². The van der Waals surface area contributed by atoms with E-state index in [1.807, 2.05) is 0 Å². The van der Waals surface area contributed by atoms with Gasteiger partial charge in [-0.2, -0.15) is 0 Å². The van der Waals surface area contributed by atoms with E-state index in [2.05, 4.69) is 4.90 Å². The average molecular weight is 300 g/mol. The number of likely N-dealkylation sites (tertiary alicyclic amines) is 1. The number of nitrogens with zero attached hydrogens (tertiary/aromatic N) is 1. The lowest BCUT2D eigenvalue weighted by molar-refractivity contribution is 0.000947. The average Bonchev–Trinajstić information content (AvgIpc) is 2.67. The van der Waals surface area contributed by atoms with Gasteiger partial charge in [-0.15, -0.1) is 0 Å². The van der Waals surface area contributed by atoms with E-state index in [-0.39, 0.29) is 23.5 Å². The van der Waals surface area contributed by atoms with Crippen molar-refractivity contribution in [2.75, 3.05) is 19.7 Å². The van der Waals surface area contributed by atoms with Gasteiger partial charge < -0.3 is 9.84 Å². The lowest BCUT2D eigenvalue weighted by Crippen LogP contribution is -2.42. The van der Waals surface area contributed by atoms with E-state index in [4.69, 9.17) is 16.3 Å². The summed E-state index contributed by atoms with van der Waals surface area (Å²) in [6, 6.07) is 2.49. The molecule has 1 aromatic rings. The van der Waals surface area contributed by atoms with Crippen molar-refractivity contribution in [3.63, 3.8) is 0 Å². The standard InChI is InChI=1S/C15H19ClFNO2/c16-12-8-10(17)7-11-14(13(19)9-20-15(11)12)18-5-3-1-2-4-6-18/h7-8,13-14,19H,1-6,9H2. The summed E-state index contributed by atoms with van der Waals surface area (Å²) >= 11 is 6.07. The number of fused-ring (bicyclic) bond motifs is 1. The Labute approximate surface area is 123 Å². The van der Waals surface area contributed by atoms with Crippen LogP contribution in [0.25, 0.3) is 0 Å². The third-order valence-electron chi connectivity index (χ3n) is 4.15. The SMILES string of the molecule is OC1COc2c(Cl)cc(F)cc2C1N1CCCCCC1. The van der Waals surface area contributed by atoms with Crippen LogP contribution in [0.5, 0.6) is 5.75 Å². The number of hydrogen-bond donors (Lipinski definition) is 1. The van der Waals surface area contributed by atoms with E-state index in [1.165, 1.54) is 25.0 Å². The molecule has 0 bridgehead atoms. The molecule has 2 aliphatic heterocycles. The molecule has 3 nitrogen and oxygen atoms in total. The molecule has 3 rings (SSSR count). The number of hydrogen-bond acceptors (Lipinski definition) is 3. The summed E-state index contributed by atoms with van der Waals surface area (Å²) < 4.78 is 19.2. The van der Waals surface area contributed by atoms with Crippen LogP contribution >= 0.6 is 11.6 Å². The van der Waals surface area contributed by atoms with E-state index >= 15 is 0 Å². The van der Waals surface area contributed by atoms with Crippen molar-refractivity contribution in [3.8, 4) is 5.75 Å². The molecule has 0 radical (unpaired) electrons. The fraction of sp³-hybridized carbons (Fsp3) is 0.600. The predicted octanol–water partition coefficient (Wildman–Crippen LogP) is 3.15. The first-order valence-electron chi connectivity index (χ1n) is 7.20. The summed E-state index contributed by atoms with van der Waals surface area (Å²) in [6.07, 6.45) is 4.02. The largest absolute Gasteiger partial charge is 0.489 e. The number of aliphatic hydroxyl groups is 1. The molecule has 20 heavy (non-hydrogen) atoms. The van der Waals surface area contributed by atoms with Crippen LogP contribution in [0.15, 0.2) is 12.1 Å². The fourth-order valence-electron chi connectivity index (χ4n) is 3.23. The molecular formula is C15H19ClFNO2. The number of rotatable bonds is 1. The van der Waals surface area contributed by atoms with Crippen LogP contribution in [0.2, 0.25) is 5.02 Å². The van der Waals surface area contributed by atoms with Gasteiger partial charge in [0.1, 0.15) is 24.3 Å². The predicted molar refractivity (Wildman–Crippen MR) is 75.7 cm³/mol. The van der Waals surface area contributed by atoms with E-state index in [9.17, 15) is 9.50 Å². The van der Waals surface area contributed by atoms with Gasteiger partial charge in [-0.25, -0.2) is 4.39 Å². The van der Waals surface area contributed by atoms with Crippen molar-refractivity contribution in [2.24, 2.45) is 0 Å². The Morgan fingerprint density at radius 3 is 2.60 bits per heavy atom. The maximum absolute atomic E-state index is 13.7. The Bertz CT molecular complexity index is 489. The fourth-order valence-corrected chi connectivity index (χ4v) is 3.50. The van der Waals surface area contributed by atoms with Crippen LogP contribution in [0, 0.1) is 5.82 Å². The Hall–Kier alpha value is -0.840. The number of ether oxygens (including phenoxy) is 1. The lowest BCUT2D eigenvalue weighted by atomic mass is 9.96. The Balaban J connectivity index is 1.98. The minimum absolute atomic E-state index is 0.208. The van der Waals surface area contributed by atoms with Crippen LogP contribution in [0.3, 0.4) is 0 Å². The van der Waals surface area contributed by atoms with Crippen molar-refractivity contribution in [3.05, 3.63) is 28.5 Å². The zero-order valence-electron chi connectivity index (χ0n) is 11.3. The minimum atomic E-state index is -0.640. The maximum atomic E-state index is 13.7. The molecule has 0 aromatic heterocycles. The highest BCUT2D eigenvalue weighted by Crippen LogP contribution is 2.41. The van der Waals surface area contributed by atoms with Gasteiger partial charge in [0.05, 0.1) is 11.1 Å². The van der Waals surface area contributed by atoms with Gasteiger partial charge >= 0.3 is 0 Å². The molecule has 5 heteroatoms. The molecule has 2 atom stereocenters. The van der Waals surface area contributed by atoms with Gasteiger partial charge in [-0.1, -0.05) is 24.4 Å². The summed E-state index contributed by atoms with van der Waals surface area (Å²) in [6.45, 7) is 2.06. The van der Waals surface area contributed by atoms with E-state index in [1.54, 1.807) is 0 Å². The Kier molecular flexibility index (Phi) is 4.15. The molecule has 0 spiro atoms. The van der Waals surface area contributed by atoms with Gasteiger partial charge in [0.2, 0.25) is 0 Å². The smallest absolute Gasteiger partial charge is 0.143 e. The molecule has 2 aliphatic rings. The molecule has 2 unspecified atom stereocenters. The lowest BCUT2D eigenvalue weighted by Gasteiger charge is -2.38. The van der Waals surface area contributed by atoms with Crippen LogP contribution in [-0.4, -0.2) is 35.8 Å². The Morgan fingerprint density at radius 2 is 1.90 bits per heavy atom. The molecule has 1 saturated heterocycles. The highest BCUT2D eigenvalue weighted by molar-refractivity contribution is 6.32. The Morgan fingerprint density at radius 1 is 1.20 bits per heavy atom. The van der Waals surface area contributed by atoms with Gasteiger partial charge in [0.25, 0.3) is 0 Å². The van der Waals surface area contributed by atoms with Crippen molar-refractivity contribution in [1.29, 1.82) is 0 Å². The van der Waals surface area contributed by atoms with Crippen molar-refractivity contribution >= 4 is 11.6 Å². The topological polar surface area (TPSA) is 32.7 Å². The summed E-state index contributed by atoms with van der Waals surface area (Å²) in [5, 5.41) is 10.6. The van der Waals surface area contributed by atoms with Gasteiger partial charge in [-0.05, 0) is 38.1 Å². The molecule has 0 aliphatic carbocycles. The molecule has 0 amide bonds. The van der Waals surface area contributed by atoms with Gasteiger partial charge in [0.15, 0.2) is 0 Å². The molecule has 2 heterocycles. The van der Waals surface area contributed by atoms with Crippen molar-refractivity contribution in [2.45, 2.75) is 37.8 Å². The first-order valence-corrected chi connectivity index (χ1v) is 7.58. The summed E-state index contributed by atoms with van der Waals surface area (Å²) in [5.41, 5.74) is 0.677. The first kappa shape index (κ1) is 14.1. The highest BCUT2D eigenvalue weighted by Gasteiger charge is 2.35. The molecule has 0 saturated carbocycles. The minimum Gasteiger partial charge on any atom is -0.489 e. The van der Waals surface area contributed by atoms with Crippen LogP contribution in [0.4, 0.5) is 4.39 Å². The maximum Gasteiger partial charge on any atom is 0.143 e.